The van der Waals surface area contributed by atoms with E-state index in [0.29, 0.717) is 0 Å². The van der Waals surface area contributed by atoms with E-state index in [1.807, 2.05) is 0 Å². The molecular formula is C46H30. The molecule has 0 atom stereocenters. The molecule has 9 aromatic carbocycles. The Balaban J connectivity index is 1.44. The Morgan fingerprint density at radius 1 is 0.174 bits per heavy atom. The van der Waals surface area contributed by atoms with Crippen molar-refractivity contribution in [2.45, 2.75) is 0 Å². The second kappa shape index (κ2) is 10.9. The molecule has 0 bridgehead atoms. The molecular weight excluding hydrogens is 553 g/mol. The van der Waals surface area contributed by atoms with E-state index in [1.54, 1.807) is 0 Å². The van der Waals surface area contributed by atoms with Gasteiger partial charge in [-0.15, -0.1) is 0 Å². The number of hydrogen-bond acceptors (Lipinski definition) is 0. The first-order valence-corrected chi connectivity index (χ1v) is 16.0. The quantitative estimate of drug-likeness (QED) is 0.181. The van der Waals surface area contributed by atoms with Crippen LogP contribution in [-0.4, -0.2) is 0 Å². The van der Waals surface area contributed by atoms with Crippen LogP contribution in [-0.2, 0) is 0 Å². The zero-order valence-corrected chi connectivity index (χ0v) is 25.3. The summed E-state index contributed by atoms with van der Waals surface area (Å²) in [4.78, 5) is 0. The van der Waals surface area contributed by atoms with Crippen molar-refractivity contribution in [3.05, 3.63) is 182 Å². The molecule has 0 heterocycles. The Morgan fingerprint density at radius 3 is 0.804 bits per heavy atom. The van der Waals surface area contributed by atoms with Crippen molar-refractivity contribution in [1.29, 1.82) is 0 Å². The maximum Gasteiger partial charge on any atom is -0.00139 e. The van der Waals surface area contributed by atoms with Crippen LogP contribution in [0.4, 0.5) is 0 Å². The van der Waals surface area contributed by atoms with Gasteiger partial charge in [0, 0.05) is 0 Å². The lowest BCUT2D eigenvalue weighted by molar-refractivity contribution is 1.63. The van der Waals surface area contributed by atoms with Gasteiger partial charge in [-0.3, -0.25) is 0 Å². The number of fused-ring (bicyclic) bond motifs is 5. The highest BCUT2D eigenvalue weighted by Crippen LogP contribution is 2.49. The molecule has 0 saturated carbocycles. The smallest absolute Gasteiger partial charge is 0.00139 e. The summed E-state index contributed by atoms with van der Waals surface area (Å²) in [5, 5.41) is 10.1. The fourth-order valence-electron chi connectivity index (χ4n) is 7.47. The SMILES string of the molecule is c1ccc(-c2ccc(-c3c(-c4ccc(-c5ccccc5)c5ccccc45)c4ccccc4c4ccccc34)c3ccccc23)cc1. The van der Waals surface area contributed by atoms with Crippen LogP contribution in [0.15, 0.2) is 182 Å². The average Bonchev–Trinajstić information content (AvgIpc) is 3.14. The van der Waals surface area contributed by atoms with Gasteiger partial charge < -0.3 is 0 Å². The van der Waals surface area contributed by atoms with Crippen LogP contribution in [0, 0.1) is 0 Å². The van der Waals surface area contributed by atoms with Gasteiger partial charge in [0.1, 0.15) is 0 Å². The van der Waals surface area contributed by atoms with E-state index in [1.165, 1.54) is 87.6 Å². The lowest BCUT2D eigenvalue weighted by atomic mass is 9.81. The third-order valence-corrected chi connectivity index (χ3v) is 9.49. The minimum absolute atomic E-state index is 1.23. The summed E-state index contributed by atoms with van der Waals surface area (Å²) in [6.45, 7) is 0. The summed E-state index contributed by atoms with van der Waals surface area (Å²) in [5.74, 6) is 0. The molecule has 0 N–H and O–H groups in total. The van der Waals surface area contributed by atoms with Crippen LogP contribution in [0.5, 0.6) is 0 Å². The van der Waals surface area contributed by atoms with Gasteiger partial charge in [0.05, 0.1) is 0 Å². The van der Waals surface area contributed by atoms with Gasteiger partial charge in [-0.05, 0) is 87.6 Å². The highest BCUT2D eigenvalue weighted by atomic mass is 14.2. The summed E-state index contributed by atoms with van der Waals surface area (Å²) in [6.07, 6.45) is 0. The van der Waals surface area contributed by atoms with Crippen LogP contribution >= 0.6 is 0 Å². The van der Waals surface area contributed by atoms with Gasteiger partial charge in [-0.2, -0.15) is 0 Å². The average molecular weight is 583 g/mol. The zero-order chi connectivity index (χ0) is 30.5. The van der Waals surface area contributed by atoms with Gasteiger partial charge in [0.2, 0.25) is 0 Å². The summed E-state index contributed by atoms with van der Waals surface area (Å²) >= 11 is 0. The zero-order valence-electron chi connectivity index (χ0n) is 25.3. The van der Waals surface area contributed by atoms with E-state index in [0.717, 1.165) is 0 Å². The first-order valence-electron chi connectivity index (χ1n) is 16.0. The van der Waals surface area contributed by atoms with Crippen LogP contribution in [0.1, 0.15) is 0 Å². The molecule has 214 valence electrons. The van der Waals surface area contributed by atoms with Crippen LogP contribution in [0.25, 0.3) is 87.6 Å². The topological polar surface area (TPSA) is 0 Å². The van der Waals surface area contributed by atoms with Crippen molar-refractivity contribution in [2.24, 2.45) is 0 Å². The maximum absolute atomic E-state index is 2.35. The fraction of sp³-hybridized carbons (Fsp3) is 0. The van der Waals surface area contributed by atoms with Crippen LogP contribution in [0.2, 0.25) is 0 Å². The van der Waals surface area contributed by atoms with E-state index in [2.05, 4.69) is 182 Å². The van der Waals surface area contributed by atoms with Crippen molar-refractivity contribution in [2.75, 3.05) is 0 Å². The summed E-state index contributed by atoms with van der Waals surface area (Å²) in [6, 6.07) is 66.5. The molecule has 0 aliphatic carbocycles. The first-order chi connectivity index (χ1) is 22.9. The van der Waals surface area contributed by atoms with E-state index in [9.17, 15) is 0 Å². The van der Waals surface area contributed by atoms with Gasteiger partial charge in [0.15, 0.2) is 0 Å². The Labute approximate surface area is 268 Å². The molecule has 0 aliphatic rings. The summed E-state index contributed by atoms with van der Waals surface area (Å²) in [5.41, 5.74) is 10.0. The third kappa shape index (κ3) is 4.15. The third-order valence-electron chi connectivity index (χ3n) is 9.49. The molecule has 0 fully saturated rings. The largest absolute Gasteiger partial charge is 0.0622 e. The molecule has 0 spiro atoms. The van der Waals surface area contributed by atoms with Crippen molar-refractivity contribution in [1.82, 2.24) is 0 Å². The molecule has 0 heteroatoms. The highest BCUT2D eigenvalue weighted by Gasteiger charge is 2.21. The lowest BCUT2D eigenvalue weighted by Crippen LogP contribution is -1.95. The van der Waals surface area contributed by atoms with Crippen LogP contribution < -0.4 is 0 Å². The Hall–Kier alpha value is -5.98. The van der Waals surface area contributed by atoms with Gasteiger partial charge in [-0.1, -0.05) is 182 Å². The Bertz CT molecular complexity index is 2380. The number of rotatable bonds is 4. The molecule has 0 amide bonds. The van der Waals surface area contributed by atoms with Gasteiger partial charge >= 0.3 is 0 Å². The second-order valence-corrected chi connectivity index (χ2v) is 12.0. The molecule has 0 unspecified atom stereocenters. The molecule has 0 radical (unpaired) electrons. The van der Waals surface area contributed by atoms with Gasteiger partial charge in [0.25, 0.3) is 0 Å². The predicted molar refractivity (Wildman–Crippen MR) is 198 cm³/mol. The first kappa shape index (κ1) is 26.4. The van der Waals surface area contributed by atoms with Crippen molar-refractivity contribution < 1.29 is 0 Å². The molecule has 9 aromatic rings. The second-order valence-electron chi connectivity index (χ2n) is 12.0. The van der Waals surface area contributed by atoms with E-state index < -0.39 is 0 Å². The summed E-state index contributed by atoms with van der Waals surface area (Å²) in [7, 11) is 0. The van der Waals surface area contributed by atoms with Crippen molar-refractivity contribution in [3.63, 3.8) is 0 Å². The predicted octanol–water partition coefficient (Wildman–Crippen LogP) is 13.0. The minimum atomic E-state index is 1.23. The molecule has 9 rings (SSSR count). The maximum atomic E-state index is 2.35. The normalized spacial score (nSPS) is 11.5. The van der Waals surface area contributed by atoms with Gasteiger partial charge in [-0.25, -0.2) is 0 Å². The molecule has 46 heavy (non-hydrogen) atoms. The Morgan fingerprint density at radius 2 is 0.435 bits per heavy atom. The fourth-order valence-corrected chi connectivity index (χ4v) is 7.47. The standard InChI is InChI=1S/C46H30/c1-3-15-31(16-4-1)33-27-29-43(37-21-9-7-19-35(33)37)45-41-25-13-11-23-39(41)40-24-12-14-26-42(40)46(45)44-30-28-34(32-17-5-2-6-18-32)36-20-8-10-22-38(36)44/h1-30H. The highest BCUT2D eigenvalue weighted by molar-refractivity contribution is 6.26. The number of benzene rings is 9. The minimum Gasteiger partial charge on any atom is -0.0622 e. The molecule has 0 aromatic heterocycles. The molecule has 0 aliphatic heterocycles. The van der Waals surface area contributed by atoms with Crippen molar-refractivity contribution >= 4 is 43.1 Å². The lowest BCUT2D eigenvalue weighted by Gasteiger charge is -2.22. The number of hydrogen-bond donors (Lipinski definition) is 0. The van der Waals surface area contributed by atoms with E-state index in [4.69, 9.17) is 0 Å². The monoisotopic (exact) mass is 582 g/mol. The van der Waals surface area contributed by atoms with Crippen LogP contribution in [0.3, 0.4) is 0 Å². The van der Waals surface area contributed by atoms with Crippen molar-refractivity contribution in [3.8, 4) is 44.5 Å². The molecule has 0 saturated heterocycles. The van der Waals surface area contributed by atoms with E-state index >= 15 is 0 Å². The Kier molecular flexibility index (Phi) is 6.25. The summed E-state index contributed by atoms with van der Waals surface area (Å²) < 4.78 is 0. The molecule has 0 nitrogen and oxygen atoms in total. The van der Waals surface area contributed by atoms with E-state index in [-0.39, 0.29) is 0 Å².